The number of ether oxygens (including phenoxy) is 1. The molecule has 38 heavy (non-hydrogen) atoms. The zero-order chi connectivity index (χ0) is 27.6. The highest BCUT2D eigenvalue weighted by molar-refractivity contribution is 6.35. The number of likely N-dealkylation sites (tertiary alicyclic amines) is 1. The molecule has 11 nitrogen and oxygen atoms in total. The van der Waals surface area contributed by atoms with Crippen LogP contribution in [0.25, 0.3) is 10.9 Å². The first kappa shape index (κ1) is 27.1. The molecular weight excluding hydrogens is 508 g/mol. The van der Waals surface area contributed by atoms with Crippen molar-refractivity contribution in [3.63, 3.8) is 0 Å². The van der Waals surface area contributed by atoms with Gasteiger partial charge in [-0.25, -0.2) is 19.7 Å². The third kappa shape index (κ3) is 5.81. The Balaban J connectivity index is 1.64. The number of halogens is 1. The molecular formula is C26H31ClN8O3. The van der Waals surface area contributed by atoms with E-state index in [0.717, 1.165) is 0 Å². The van der Waals surface area contributed by atoms with Crippen LogP contribution >= 0.6 is 11.6 Å². The Kier molecular flexibility index (Phi) is 7.73. The molecule has 0 aliphatic carbocycles. The van der Waals surface area contributed by atoms with Crippen molar-refractivity contribution in [3.8, 4) is 6.07 Å². The zero-order valence-electron chi connectivity index (χ0n) is 21.9. The predicted octanol–water partition coefficient (Wildman–Crippen LogP) is 4.11. The second kappa shape index (κ2) is 10.8. The van der Waals surface area contributed by atoms with Crippen LogP contribution in [0, 0.1) is 17.2 Å². The average molecular weight is 539 g/mol. The summed E-state index contributed by atoms with van der Waals surface area (Å²) < 4.78 is 7.14. The molecule has 4 rings (SSSR count). The van der Waals surface area contributed by atoms with Crippen molar-refractivity contribution in [2.24, 2.45) is 5.92 Å². The third-order valence-electron chi connectivity index (χ3n) is 6.40. The number of amides is 1. The molecule has 3 N–H and O–H groups in total. The number of aromatic nitrogens is 4. The van der Waals surface area contributed by atoms with E-state index in [-0.39, 0.29) is 34.8 Å². The summed E-state index contributed by atoms with van der Waals surface area (Å²) >= 11 is 6.41. The van der Waals surface area contributed by atoms with Crippen LogP contribution in [0.1, 0.15) is 58.0 Å². The Hall–Kier alpha value is -3.91. The van der Waals surface area contributed by atoms with Crippen LogP contribution in [0.15, 0.2) is 29.3 Å². The first-order valence-electron chi connectivity index (χ1n) is 12.4. The highest BCUT2D eigenvalue weighted by atomic mass is 35.5. The summed E-state index contributed by atoms with van der Waals surface area (Å²) in [6.45, 7) is 8.82. The van der Waals surface area contributed by atoms with Gasteiger partial charge in [-0.05, 0) is 58.6 Å². The normalized spacial score (nSPS) is 15.2. The predicted molar refractivity (Wildman–Crippen MR) is 145 cm³/mol. The highest BCUT2D eigenvalue weighted by Gasteiger charge is 2.29. The molecule has 1 aliphatic heterocycles. The maximum absolute atomic E-state index is 13.7. The number of nitrogens with zero attached hydrogens (tertiary/aromatic N) is 6. The minimum atomic E-state index is -0.560. The molecule has 1 aromatic carbocycles. The number of nitrogens with two attached hydrogens (primary N) is 1. The van der Waals surface area contributed by atoms with Crippen molar-refractivity contribution < 1.29 is 9.53 Å². The van der Waals surface area contributed by atoms with E-state index in [0.29, 0.717) is 54.2 Å². The summed E-state index contributed by atoms with van der Waals surface area (Å²) in [4.78, 5) is 40.7. The molecule has 12 heteroatoms. The van der Waals surface area contributed by atoms with Crippen LogP contribution < -0.4 is 16.6 Å². The van der Waals surface area contributed by atoms with Crippen LogP contribution in [0.4, 0.5) is 16.4 Å². The molecule has 0 spiro atoms. The fourth-order valence-corrected chi connectivity index (χ4v) is 4.77. The number of anilines is 2. The third-order valence-corrected chi connectivity index (χ3v) is 6.71. The monoisotopic (exact) mass is 538 g/mol. The fraction of sp³-hybridized carbons (Fsp3) is 0.462. The van der Waals surface area contributed by atoms with Crippen LogP contribution in [0.5, 0.6) is 0 Å². The van der Waals surface area contributed by atoms with Gasteiger partial charge in [0.1, 0.15) is 41.0 Å². The van der Waals surface area contributed by atoms with Gasteiger partial charge in [-0.2, -0.15) is 5.26 Å². The lowest BCUT2D eigenvalue weighted by Crippen LogP contribution is -2.43. The van der Waals surface area contributed by atoms with Crippen LogP contribution in [-0.2, 0) is 11.3 Å². The van der Waals surface area contributed by atoms with Crippen LogP contribution in [0.2, 0.25) is 5.02 Å². The van der Waals surface area contributed by atoms with Gasteiger partial charge in [0.05, 0.1) is 22.0 Å². The van der Waals surface area contributed by atoms with Gasteiger partial charge in [-0.1, -0.05) is 17.7 Å². The topological polar surface area (TPSA) is 152 Å². The van der Waals surface area contributed by atoms with Gasteiger partial charge in [0.25, 0.3) is 5.56 Å². The smallest absolute Gasteiger partial charge is 0.410 e. The lowest BCUT2D eigenvalue weighted by Gasteiger charge is -2.34. The molecule has 1 saturated heterocycles. The standard InChI is InChI=1S/C26H31ClN8O3/c1-15(32-22-17(12-28)21(29)30-14-31-22)23-33-19-7-5-6-18(27)20(19)24(36)35(23)13-16-8-10-34(11-9-16)25(37)38-26(2,3)4/h5-7,14-16H,8-11,13H2,1-4H3,(H3,29,30,31,32)/t15-/m0/s1. The number of piperidine rings is 1. The van der Waals surface area contributed by atoms with E-state index in [1.165, 1.54) is 6.33 Å². The van der Waals surface area contributed by atoms with Gasteiger partial charge in [-0.3, -0.25) is 9.36 Å². The summed E-state index contributed by atoms with van der Waals surface area (Å²) in [5, 5.41) is 13.4. The number of benzene rings is 1. The summed E-state index contributed by atoms with van der Waals surface area (Å²) in [5.41, 5.74) is 5.63. The number of nitrogens with one attached hydrogen (secondary N) is 1. The molecule has 1 amide bonds. The van der Waals surface area contributed by atoms with E-state index in [1.54, 1.807) is 27.7 Å². The van der Waals surface area contributed by atoms with Crippen molar-refractivity contribution in [2.75, 3.05) is 24.1 Å². The molecule has 0 radical (unpaired) electrons. The summed E-state index contributed by atoms with van der Waals surface area (Å²) in [6.07, 6.45) is 2.34. The Morgan fingerprint density at radius 3 is 2.68 bits per heavy atom. The van der Waals surface area contributed by atoms with Gasteiger partial charge in [0.15, 0.2) is 0 Å². The molecule has 2 aromatic heterocycles. The minimum Gasteiger partial charge on any atom is -0.444 e. The molecule has 0 unspecified atom stereocenters. The van der Waals surface area contributed by atoms with Gasteiger partial charge in [-0.15, -0.1) is 0 Å². The van der Waals surface area contributed by atoms with E-state index in [1.807, 2.05) is 33.8 Å². The molecule has 0 bridgehead atoms. The second-order valence-electron chi connectivity index (χ2n) is 10.4. The Morgan fingerprint density at radius 2 is 2.03 bits per heavy atom. The van der Waals surface area contributed by atoms with Crippen LogP contribution in [-0.4, -0.2) is 49.2 Å². The lowest BCUT2D eigenvalue weighted by atomic mass is 9.96. The maximum atomic E-state index is 13.7. The largest absolute Gasteiger partial charge is 0.444 e. The number of nitriles is 1. The number of carbonyl (C=O) groups is 1. The van der Waals surface area contributed by atoms with Crippen LogP contribution in [0.3, 0.4) is 0 Å². The van der Waals surface area contributed by atoms with E-state index in [2.05, 4.69) is 15.3 Å². The van der Waals surface area contributed by atoms with Gasteiger partial charge in [0.2, 0.25) is 0 Å². The molecule has 3 aromatic rings. The minimum absolute atomic E-state index is 0.0598. The summed E-state index contributed by atoms with van der Waals surface area (Å²) in [6, 6.07) is 6.66. The number of nitrogen functional groups attached to an aromatic ring is 1. The SMILES string of the molecule is C[C@H](Nc1ncnc(N)c1C#N)c1nc2cccc(Cl)c2c(=O)n1CC1CCN(C(=O)OC(C)(C)C)CC1. The Morgan fingerprint density at radius 1 is 1.32 bits per heavy atom. The molecule has 1 atom stereocenters. The first-order valence-corrected chi connectivity index (χ1v) is 12.8. The van der Waals surface area contributed by atoms with E-state index >= 15 is 0 Å². The quantitative estimate of drug-likeness (QED) is 0.488. The fourth-order valence-electron chi connectivity index (χ4n) is 4.52. The molecule has 1 aliphatic rings. The summed E-state index contributed by atoms with van der Waals surface area (Å²) in [7, 11) is 0. The molecule has 200 valence electrons. The van der Waals surface area contributed by atoms with E-state index < -0.39 is 11.6 Å². The van der Waals surface area contributed by atoms with Gasteiger partial charge >= 0.3 is 6.09 Å². The summed E-state index contributed by atoms with van der Waals surface area (Å²) in [5.74, 6) is 0.915. The van der Waals surface area contributed by atoms with E-state index in [9.17, 15) is 14.9 Å². The van der Waals surface area contributed by atoms with Crippen molar-refractivity contribution in [2.45, 2.75) is 58.7 Å². The van der Waals surface area contributed by atoms with Gasteiger partial charge < -0.3 is 20.7 Å². The number of hydrogen-bond donors (Lipinski definition) is 2. The maximum Gasteiger partial charge on any atom is 0.410 e. The lowest BCUT2D eigenvalue weighted by molar-refractivity contribution is 0.0177. The van der Waals surface area contributed by atoms with Crippen molar-refractivity contribution in [3.05, 3.63) is 51.3 Å². The zero-order valence-corrected chi connectivity index (χ0v) is 22.6. The first-order chi connectivity index (χ1) is 18.0. The number of rotatable bonds is 5. The molecule has 0 saturated carbocycles. The van der Waals surface area contributed by atoms with Crippen molar-refractivity contribution in [1.29, 1.82) is 5.26 Å². The second-order valence-corrected chi connectivity index (χ2v) is 10.8. The highest BCUT2D eigenvalue weighted by Crippen LogP contribution is 2.27. The van der Waals surface area contributed by atoms with Gasteiger partial charge in [0, 0.05) is 19.6 Å². The number of carbonyl (C=O) groups excluding carboxylic acids is 1. The van der Waals surface area contributed by atoms with Crippen molar-refractivity contribution in [1.82, 2.24) is 24.4 Å². The molecule has 3 heterocycles. The number of fused-ring (bicyclic) bond motifs is 1. The number of hydrogen-bond acceptors (Lipinski definition) is 9. The average Bonchev–Trinajstić information content (AvgIpc) is 2.85. The molecule has 1 fully saturated rings. The Bertz CT molecular complexity index is 1450. The van der Waals surface area contributed by atoms with Crippen molar-refractivity contribution >= 4 is 40.2 Å². The van der Waals surface area contributed by atoms with E-state index in [4.69, 9.17) is 27.1 Å². The Labute approximate surface area is 225 Å².